The minimum atomic E-state index is -0.400. The molecule has 4 aromatic rings. The van der Waals surface area contributed by atoms with E-state index in [0.29, 0.717) is 18.2 Å². The monoisotopic (exact) mass is 486 g/mol. The minimum Gasteiger partial charge on any atom is -0.508 e. The molecular weight excluding hydrogens is 459 g/mol. The summed E-state index contributed by atoms with van der Waals surface area (Å²) in [4.78, 5) is 6.72. The van der Waals surface area contributed by atoms with Crippen molar-refractivity contribution < 1.29 is 19.0 Å². The number of allylic oxidation sites excluding steroid dienone is 1. The van der Waals surface area contributed by atoms with Crippen molar-refractivity contribution in [3.05, 3.63) is 77.6 Å². The smallest absolute Gasteiger partial charge is 0.213 e. The van der Waals surface area contributed by atoms with Crippen LogP contribution in [0.3, 0.4) is 0 Å². The number of aromatic amines is 1. The van der Waals surface area contributed by atoms with Gasteiger partial charge >= 0.3 is 0 Å². The van der Waals surface area contributed by atoms with Gasteiger partial charge < -0.3 is 14.6 Å². The van der Waals surface area contributed by atoms with Crippen molar-refractivity contribution in [1.82, 2.24) is 20.1 Å². The first kappa shape index (κ1) is 22.5. The molecule has 1 atom stereocenters. The van der Waals surface area contributed by atoms with Crippen LogP contribution in [0.2, 0.25) is 0 Å². The van der Waals surface area contributed by atoms with Gasteiger partial charge in [0.1, 0.15) is 18.1 Å². The molecule has 1 saturated heterocycles. The Hall–Kier alpha value is -3.91. The van der Waals surface area contributed by atoms with E-state index in [9.17, 15) is 9.50 Å². The molecule has 36 heavy (non-hydrogen) atoms. The van der Waals surface area contributed by atoms with Gasteiger partial charge in [0.2, 0.25) is 5.88 Å². The Balaban J connectivity index is 1.30. The number of phenolic OH excluding ortho intramolecular Hbond substituents is 1. The van der Waals surface area contributed by atoms with Crippen molar-refractivity contribution in [2.24, 2.45) is 5.92 Å². The summed E-state index contributed by atoms with van der Waals surface area (Å²) in [7, 11) is 0. The fourth-order valence-electron chi connectivity index (χ4n) is 5.09. The van der Waals surface area contributed by atoms with E-state index in [4.69, 9.17) is 9.47 Å². The van der Waals surface area contributed by atoms with Crippen LogP contribution in [0.1, 0.15) is 29.7 Å². The molecule has 8 heteroatoms. The first-order chi connectivity index (χ1) is 17.6. The van der Waals surface area contributed by atoms with Gasteiger partial charge in [-0.05, 0) is 48.4 Å². The Bertz CT molecular complexity index is 1430. The van der Waals surface area contributed by atoms with Gasteiger partial charge in [0, 0.05) is 59.9 Å². The molecule has 2 N–H and O–H groups in total. The molecule has 2 aromatic heterocycles. The Morgan fingerprint density at radius 1 is 1.14 bits per heavy atom. The van der Waals surface area contributed by atoms with Crippen LogP contribution in [0.4, 0.5) is 4.39 Å². The maximum Gasteiger partial charge on any atom is 0.213 e. The van der Waals surface area contributed by atoms with Gasteiger partial charge in [-0.25, -0.2) is 4.98 Å². The number of nitrogens with zero attached hydrogens (tertiary/aromatic N) is 3. The molecule has 0 saturated carbocycles. The fraction of sp³-hybridized carbons (Fsp3) is 0.286. The van der Waals surface area contributed by atoms with Crippen LogP contribution in [0.15, 0.2) is 60.9 Å². The lowest BCUT2D eigenvalue weighted by Crippen LogP contribution is -2.49. The lowest BCUT2D eigenvalue weighted by atomic mass is 9.85. The summed E-state index contributed by atoms with van der Waals surface area (Å²) in [5, 5.41) is 18.4. The highest BCUT2D eigenvalue weighted by molar-refractivity contribution is 6.02. The van der Waals surface area contributed by atoms with Crippen LogP contribution >= 0.6 is 0 Å². The van der Waals surface area contributed by atoms with Crippen molar-refractivity contribution in [3.63, 3.8) is 0 Å². The number of fused-ring (bicyclic) bond motifs is 2. The van der Waals surface area contributed by atoms with Crippen LogP contribution in [-0.2, 0) is 0 Å². The SMILES string of the molecule is CC1=C(c2cccc3[nH]ncc23)C(c2ccc(OCCN3CC(CF)C3)nc2)Oc2ccc(O)cc21. The van der Waals surface area contributed by atoms with E-state index >= 15 is 0 Å². The van der Waals surface area contributed by atoms with E-state index in [-0.39, 0.29) is 18.3 Å². The summed E-state index contributed by atoms with van der Waals surface area (Å²) in [6.07, 6.45) is 3.21. The number of nitrogens with one attached hydrogen (secondary N) is 1. The molecule has 0 spiro atoms. The molecule has 1 unspecified atom stereocenters. The van der Waals surface area contributed by atoms with Gasteiger partial charge in [0.15, 0.2) is 6.10 Å². The lowest BCUT2D eigenvalue weighted by molar-refractivity contribution is 0.0661. The molecule has 2 aliphatic rings. The number of halogens is 1. The highest BCUT2D eigenvalue weighted by atomic mass is 19.1. The molecule has 1 fully saturated rings. The molecule has 0 aliphatic carbocycles. The Morgan fingerprint density at radius 3 is 2.83 bits per heavy atom. The zero-order chi connectivity index (χ0) is 24.6. The van der Waals surface area contributed by atoms with E-state index in [0.717, 1.165) is 58.4 Å². The number of hydrogen-bond acceptors (Lipinski definition) is 6. The molecule has 0 radical (unpaired) electrons. The number of hydrogen-bond donors (Lipinski definition) is 2. The van der Waals surface area contributed by atoms with E-state index in [1.807, 2.05) is 30.5 Å². The number of phenols is 1. The molecule has 7 nitrogen and oxygen atoms in total. The number of aromatic nitrogens is 3. The summed E-state index contributed by atoms with van der Waals surface area (Å²) in [5.74, 6) is 1.62. The zero-order valence-electron chi connectivity index (χ0n) is 19.9. The van der Waals surface area contributed by atoms with Crippen LogP contribution in [0, 0.1) is 5.92 Å². The second-order valence-electron chi connectivity index (χ2n) is 9.41. The van der Waals surface area contributed by atoms with E-state index in [1.165, 1.54) is 0 Å². The number of ether oxygens (including phenoxy) is 2. The third kappa shape index (κ3) is 4.07. The van der Waals surface area contributed by atoms with Gasteiger partial charge in [-0.15, -0.1) is 0 Å². The summed E-state index contributed by atoms with van der Waals surface area (Å²) >= 11 is 0. The normalized spacial score (nSPS) is 18.1. The topological polar surface area (TPSA) is 83.5 Å². The lowest BCUT2D eigenvalue weighted by Gasteiger charge is -2.37. The fourth-order valence-corrected chi connectivity index (χ4v) is 5.09. The molecule has 2 aliphatic heterocycles. The largest absolute Gasteiger partial charge is 0.508 e. The molecule has 2 aromatic carbocycles. The van der Waals surface area contributed by atoms with Crippen molar-refractivity contribution in [1.29, 1.82) is 0 Å². The molecule has 184 valence electrons. The molecule has 4 heterocycles. The Morgan fingerprint density at radius 2 is 2.03 bits per heavy atom. The van der Waals surface area contributed by atoms with Crippen molar-refractivity contribution in [2.75, 3.05) is 32.9 Å². The van der Waals surface area contributed by atoms with Crippen molar-refractivity contribution in [2.45, 2.75) is 13.0 Å². The number of aromatic hydroxyl groups is 1. The predicted octanol–water partition coefficient (Wildman–Crippen LogP) is 5.01. The number of pyridine rings is 1. The second-order valence-corrected chi connectivity index (χ2v) is 9.41. The number of alkyl halides is 1. The third-order valence-corrected chi connectivity index (χ3v) is 7.02. The average molecular weight is 487 g/mol. The van der Waals surface area contributed by atoms with Crippen molar-refractivity contribution >= 4 is 22.0 Å². The molecule has 6 rings (SSSR count). The highest BCUT2D eigenvalue weighted by Crippen LogP contribution is 2.48. The maximum absolute atomic E-state index is 12.6. The zero-order valence-corrected chi connectivity index (χ0v) is 19.9. The Labute approximate surface area is 208 Å². The van der Waals surface area contributed by atoms with Crippen LogP contribution in [-0.4, -0.2) is 58.1 Å². The van der Waals surface area contributed by atoms with Gasteiger partial charge in [0.25, 0.3) is 0 Å². The van der Waals surface area contributed by atoms with Gasteiger partial charge in [-0.2, -0.15) is 5.10 Å². The molecule has 0 amide bonds. The predicted molar refractivity (Wildman–Crippen MR) is 136 cm³/mol. The number of likely N-dealkylation sites (tertiary alicyclic amines) is 1. The summed E-state index contributed by atoms with van der Waals surface area (Å²) in [6.45, 7) is 4.66. The van der Waals surface area contributed by atoms with Crippen molar-refractivity contribution in [3.8, 4) is 17.4 Å². The number of rotatable bonds is 7. The number of H-pyrrole nitrogens is 1. The van der Waals surface area contributed by atoms with Gasteiger partial charge in [0.05, 0.1) is 18.4 Å². The number of benzene rings is 2. The average Bonchev–Trinajstić information content (AvgIpc) is 3.35. The first-order valence-electron chi connectivity index (χ1n) is 12.1. The minimum absolute atomic E-state index is 0.172. The highest BCUT2D eigenvalue weighted by Gasteiger charge is 2.31. The Kier molecular flexibility index (Phi) is 5.81. The molecular formula is C28H27FN4O3. The third-order valence-electron chi connectivity index (χ3n) is 7.02. The summed E-state index contributed by atoms with van der Waals surface area (Å²) in [5.41, 5.74) is 5.72. The van der Waals surface area contributed by atoms with Crippen LogP contribution < -0.4 is 9.47 Å². The van der Waals surface area contributed by atoms with Gasteiger partial charge in [-0.3, -0.25) is 14.4 Å². The standard InChI is InChI=1S/C28H27FN4O3/c1-17-22-11-20(34)6-7-25(22)36-28(27(17)21-3-2-4-24-23(21)14-31-32-24)19-5-8-26(30-13-19)35-10-9-33-15-18(12-29)16-33/h2-8,11,13-14,18,28,34H,9-10,12,15-16H2,1H3,(H,31,32). The first-order valence-corrected chi connectivity index (χ1v) is 12.1. The van der Waals surface area contributed by atoms with E-state index in [1.54, 1.807) is 24.4 Å². The summed E-state index contributed by atoms with van der Waals surface area (Å²) in [6, 6.07) is 15.0. The quantitative estimate of drug-likeness (QED) is 0.382. The van der Waals surface area contributed by atoms with Crippen LogP contribution in [0.5, 0.6) is 17.4 Å². The maximum atomic E-state index is 12.6. The van der Waals surface area contributed by atoms with Crippen LogP contribution in [0.25, 0.3) is 22.0 Å². The second kappa shape index (κ2) is 9.28. The van der Waals surface area contributed by atoms with E-state index in [2.05, 4.69) is 33.1 Å². The summed E-state index contributed by atoms with van der Waals surface area (Å²) < 4.78 is 25.0. The van der Waals surface area contributed by atoms with E-state index < -0.39 is 6.10 Å². The van der Waals surface area contributed by atoms with Gasteiger partial charge in [-0.1, -0.05) is 12.1 Å². The molecule has 0 bridgehead atoms.